The Balaban J connectivity index is 0.000000243. The first-order chi connectivity index (χ1) is 11.5. The quantitative estimate of drug-likeness (QED) is 0.802. The second kappa shape index (κ2) is 10.6. The fourth-order valence-corrected chi connectivity index (χ4v) is 1.80. The predicted molar refractivity (Wildman–Crippen MR) is 95.5 cm³/mol. The van der Waals surface area contributed by atoms with Gasteiger partial charge in [-0.15, -0.1) is 0 Å². The Morgan fingerprint density at radius 1 is 0.875 bits per heavy atom. The molecular formula is C20H20O4. The van der Waals surface area contributed by atoms with Crippen molar-refractivity contribution < 1.29 is 19.8 Å². The minimum Gasteiger partial charge on any atom is -0.478 e. The zero-order valence-electron chi connectivity index (χ0n) is 13.4. The second-order valence-corrected chi connectivity index (χ2v) is 4.82. The number of aliphatic carboxylic acids is 2. The molecule has 2 aromatic rings. The summed E-state index contributed by atoms with van der Waals surface area (Å²) in [6.07, 6.45) is 4.92. The lowest BCUT2D eigenvalue weighted by atomic mass is 10.1. The molecule has 0 aliphatic carbocycles. The van der Waals surface area contributed by atoms with Crippen molar-refractivity contribution in [2.45, 2.75) is 13.3 Å². The van der Waals surface area contributed by atoms with E-state index in [0.29, 0.717) is 12.0 Å². The molecule has 0 heterocycles. The van der Waals surface area contributed by atoms with Crippen molar-refractivity contribution >= 4 is 24.1 Å². The van der Waals surface area contributed by atoms with Crippen LogP contribution < -0.4 is 0 Å². The maximum atomic E-state index is 10.7. The molecule has 0 saturated carbocycles. The van der Waals surface area contributed by atoms with E-state index in [4.69, 9.17) is 10.2 Å². The van der Waals surface area contributed by atoms with Crippen LogP contribution in [-0.2, 0) is 9.59 Å². The molecule has 0 bridgehead atoms. The molecule has 0 radical (unpaired) electrons. The Morgan fingerprint density at radius 3 is 1.79 bits per heavy atom. The van der Waals surface area contributed by atoms with E-state index in [1.165, 1.54) is 0 Å². The molecule has 0 fully saturated rings. The van der Waals surface area contributed by atoms with Crippen LogP contribution in [0.3, 0.4) is 0 Å². The van der Waals surface area contributed by atoms with E-state index in [1.54, 1.807) is 12.2 Å². The fourth-order valence-electron chi connectivity index (χ4n) is 1.80. The smallest absolute Gasteiger partial charge is 0.331 e. The third kappa shape index (κ3) is 7.75. The number of carboxylic acid groups (broad SMARTS) is 2. The highest BCUT2D eigenvalue weighted by atomic mass is 16.4. The Morgan fingerprint density at radius 2 is 1.38 bits per heavy atom. The van der Waals surface area contributed by atoms with Crippen LogP contribution in [0.15, 0.2) is 72.3 Å². The van der Waals surface area contributed by atoms with Gasteiger partial charge in [0.25, 0.3) is 0 Å². The summed E-state index contributed by atoms with van der Waals surface area (Å²) in [6, 6.07) is 18.8. The topological polar surface area (TPSA) is 74.6 Å². The summed E-state index contributed by atoms with van der Waals surface area (Å²) in [7, 11) is 0. The van der Waals surface area contributed by atoms with Crippen LogP contribution >= 0.6 is 0 Å². The molecule has 4 heteroatoms. The lowest BCUT2D eigenvalue weighted by Crippen LogP contribution is -1.98. The summed E-state index contributed by atoms with van der Waals surface area (Å²) in [5, 5.41) is 17.1. The van der Waals surface area contributed by atoms with Crippen molar-refractivity contribution in [1.29, 1.82) is 0 Å². The number of hydrogen-bond donors (Lipinski definition) is 2. The van der Waals surface area contributed by atoms with Crippen molar-refractivity contribution in [3.05, 3.63) is 83.4 Å². The second-order valence-electron chi connectivity index (χ2n) is 4.82. The number of carbonyl (C=O) groups is 2. The van der Waals surface area contributed by atoms with Gasteiger partial charge in [0.15, 0.2) is 0 Å². The van der Waals surface area contributed by atoms with E-state index in [0.717, 1.165) is 17.2 Å². The lowest BCUT2D eigenvalue weighted by molar-refractivity contribution is -0.133. The number of rotatable bonds is 5. The van der Waals surface area contributed by atoms with Crippen LogP contribution in [0.25, 0.3) is 12.2 Å². The molecule has 0 aromatic heterocycles. The van der Waals surface area contributed by atoms with Crippen LogP contribution in [0.5, 0.6) is 0 Å². The Labute approximate surface area is 141 Å². The first-order valence-corrected chi connectivity index (χ1v) is 7.48. The first-order valence-electron chi connectivity index (χ1n) is 7.48. The third-order valence-electron chi connectivity index (χ3n) is 3.01. The third-order valence-corrected chi connectivity index (χ3v) is 3.01. The number of hydrogen-bond acceptors (Lipinski definition) is 2. The molecule has 0 saturated heterocycles. The van der Waals surface area contributed by atoms with Gasteiger partial charge in [-0.25, -0.2) is 9.59 Å². The molecule has 0 spiro atoms. The maximum Gasteiger partial charge on any atom is 0.331 e. The van der Waals surface area contributed by atoms with Crippen LogP contribution in [0.2, 0.25) is 0 Å². The maximum absolute atomic E-state index is 10.7. The van der Waals surface area contributed by atoms with Gasteiger partial charge in [0.2, 0.25) is 0 Å². The van der Waals surface area contributed by atoms with Gasteiger partial charge < -0.3 is 10.2 Å². The van der Waals surface area contributed by atoms with Crippen molar-refractivity contribution in [1.82, 2.24) is 0 Å². The molecule has 2 rings (SSSR count). The molecule has 0 aliphatic heterocycles. The van der Waals surface area contributed by atoms with Crippen molar-refractivity contribution in [2.75, 3.05) is 0 Å². The van der Waals surface area contributed by atoms with E-state index in [1.807, 2.05) is 67.6 Å². The predicted octanol–water partition coefficient (Wildman–Crippen LogP) is 4.35. The summed E-state index contributed by atoms with van der Waals surface area (Å²) in [6.45, 7) is 1.84. The molecule has 4 nitrogen and oxygen atoms in total. The Hall–Kier alpha value is -3.14. The normalized spacial score (nSPS) is 10.8. The summed E-state index contributed by atoms with van der Waals surface area (Å²) in [5.41, 5.74) is 2.27. The van der Waals surface area contributed by atoms with Gasteiger partial charge in [0.1, 0.15) is 0 Å². The van der Waals surface area contributed by atoms with E-state index >= 15 is 0 Å². The summed E-state index contributed by atoms with van der Waals surface area (Å²) < 4.78 is 0. The molecule has 0 unspecified atom stereocenters. The summed E-state index contributed by atoms with van der Waals surface area (Å²) in [5.74, 6) is -1.76. The van der Waals surface area contributed by atoms with E-state index in [-0.39, 0.29) is 0 Å². The molecular weight excluding hydrogens is 304 g/mol. The molecule has 124 valence electrons. The van der Waals surface area contributed by atoms with Crippen LogP contribution in [0, 0.1) is 0 Å². The molecule has 2 N–H and O–H groups in total. The number of benzene rings is 2. The van der Waals surface area contributed by atoms with Gasteiger partial charge in [-0.2, -0.15) is 0 Å². The number of carboxylic acids is 2. The molecule has 0 atom stereocenters. The zero-order chi connectivity index (χ0) is 17.8. The highest BCUT2D eigenvalue weighted by Crippen LogP contribution is 2.09. The van der Waals surface area contributed by atoms with Gasteiger partial charge >= 0.3 is 11.9 Å². The van der Waals surface area contributed by atoms with Gasteiger partial charge in [-0.3, -0.25) is 0 Å². The minimum absolute atomic E-state index is 0.436. The van der Waals surface area contributed by atoms with Crippen molar-refractivity contribution in [3.63, 3.8) is 0 Å². The standard InChI is InChI=1S/C11H12O2.C9H8O2/c1-2-10(11(12)13)8-9-6-4-3-5-7-9;10-9(11)7-6-8-4-2-1-3-5-8/h3-8H,2H2,1H3,(H,12,13);1-7H,(H,10,11). The summed E-state index contributed by atoms with van der Waals surface area (Å²) >= 11 is 0. The van der Waals surface area contributed by atoms with Crippen molar-refractivity contribution in [3.8, 4) is 0 Å². The van der Waals surface area contributed by atoms with E-state index < -0.39 is 11.9 Å². The van der Waals surface area contributed by atoms with Gasteiger partial charge in [-0.05, 0) is 29.7 Å². The highest BCUT2D eigenvalue weighted by Gasteiger charge is 2.02. The first kappa shape index (κ1) is 18.9. The summed E-state index contributed by atoms with van der Waals surface area (Å²) in [4.78, 5) is 20.8. The van der Waals surface area contributed by atoms with Crippen LogP contribution in [-0.4, -0.2) is 22.2 Å². The largest absolute Gasteiger partial charge is 0.478 e. The molecule has 2 aromatic carbocycles. The van der Waals surface area contributed by atoms with Crippen LogP contribution in [0.4, 0.5) is 0 Å². The lowest BCUT2D eigenvalue weighted by Gasteiger charge is -1.97. The SMILES string of the molecule is CCC(=Cc1ccccc1)C(=O)O.O=C(O)C=Cc1ccccc1. The Bertz CT molecular complexity index is 701. The molecule has 24 heavy (non-hydrogen) atoms. The zero-order valence-corrected chi connectivity index (χ0v) is 13.4. The molecule has 0 amide bonds. The monoisotopic (exact) mass is 324 g/mol. The van der Waals surface area contributed by atoms with Gasteiger partial charge in [0, 0.05) is 11.6 Å². The minimum atomic E-state index is -0.922. The van der Waals surface area contributed by atoms with Crippen molar-refractivity contribution in [2.24, 2.45) is 0 Å². The van der Waals surface area contributed by atoms with E-state index in [9.17, 15) is 9.59 Å². The van der Waals surface area contributed by atoms with Gasteiger partial charge in [-0.1, -0.05) is 67.6 Å². The average molecular weight is 324 g/mol. The Kier molecular flexibility index (Phi) is 8.32. The van der Waals surface area contributed by atoms with Gasteiger partial charge in [0.05, 0.1) is 0 Å². The van der Waals surface area contributed by atoms with E-state index in [2.05, 4.69) is 0 Å². The van der Waals surface area contributed by atoms with Crippen LogP contribution in [0.1, 0.15) is 24.5 Å². The average Bonchev–Trinajstić information content (AvgIpc) is 2.60. The highest BCUT2D eigenvalue weighted by molar-refractivity contribution is 5.92. The fraction of sp³-hybridized carbons (Fsp3) is 0.100. The molecule has 0 aliphatic rings.